The van der Waals surface area contributed by atoms with E-state index in [9.17, 15) is 14.4 Å². The first kappa shape index (κ1) is 20.6. The number of thiophene rings is 1. The molecule has 1 atom stereocenters. The number of anilines is 1. The number of ether oxygens (including phenoxy) is 1. The molecule has 2 aliphatic rings. The first-order valence-corrected chi connectivity index (χ1v) is 11.8. The fourth-order valence-electron chi connectivity index (χ4n) is 4.27. The zero-order valence-electron chi connectivity index (χ0n) is 17.6. The minimum Gasteiger partial charge on any atom is -0.466 e. The molecule has 5 rings (SSSR count). The molecule has 3 aromatic rings. The lowest BCUT2D eigenvalue weighted by molar-refractivity contribution is -0.136. The SMILES string of the molecule is CCN1C(=O)C(=c2sc3n(c2=O)[C@H](c2cccs2)C(C(=O)OC)=C(C)N=3)c2ccccc21. The quantitative estimate of drug-likeness (QED) is 0.556. The van der Waals surface area contributed by atoms with Crippen molar-refractivity contribution >= 4 is 45.8 Å². The molecule has 162 valence electrons. The van der Waals surface area contributed by atoms with E-state index in [0.29, 0.717) is 32.7 Å². The van der Waals surface area contributed by atoms with E-state index >= 15 is 0 Å². The highest BCUT2D eigenvalue weighted by molar-refractivity contribution is 7.10. The predicted octanol–water partition coefficient (Wildman–Crippen LogP) is 2.21. The van der Waals surface area contributed by atoms with Crippen molar-refractivity contribution in [3.8, 4) is 0 Å². The Balaban J connectivity index is 1.85. The van der Waals surface area contributed by atoms with E-state index in [4.69, 9.17) is 4.74 Å². The van der Waals surface area contributed by atoms with Crippen LogP contribution in [0, 0.1) is 0 Å². The highest BCUT2D eigenvalue weighted by atomic mass is 32.1. The van der Waals surface area contributed by atoms with Crippen molar-refractivity contribution in [3.05, 3.63) is 83.2 Å². The van der Waals surface area contributed by atoms with E-state index in [1.165, 1.54) is 34.4 Å². The van der Waals surface area contributed by atoms with E-state index in [-0.39, 0.29) is 11.5 Å². The molecule has 0 bridgehead atoms. The summed E-state index contributed by atoms with van der Waals surface area (Å²) in [5.41, 5.74) is 2.41. The number of aromatic nitrogens is 1. The number of thiazole rings is 1. The zero-order valence-corrected chi connectivity index (χ0v) is 19.3. The number of carbonyl (C=O) groups is 2. The maximum absolute atomic E-state index is 13.8. The van der Waals surface area contributed by atoms with Crippen molar-refractivity contribution in [2.24, 2.45) is 4.99 Å². The molecule has 0 spiro atoms. The normalized spacial score (nSPS) is 19.0. The summed E-state index contributed by atoms with van der Waals surface area (Å²) < 4.78 is 6.86. The van der Waals surface area contributed by atoms with Crippen molar-refractivity contribution < 1.29 is 14.3 Å². The molecule has 2 aliphatic heterocycles. The van der Waals surface area contributed by atoms with E-state index in [0.717, 1.165) is 16.1 Å². The molecule has 7 nitrogen and oxygen atoms in total. The summed E-state index contributed by atoms with van der Waals surface area (Å²) in [6, 6.07) is 10.6. The Hall–Kier alpha value is -3.30. The summed E-state index contributed by atoms with van der Waals surface area (Å²) in [7, 11) is 1.31. The average Bonchev–Trinajstić information content (AvgIpc) is 3.49. The number of amides is 1. The lowest BCUT2D eigenvalue weighted by atomic mass is 10.0. The first-order valence-electron chi connectivity index (χ1n) is 10.1. The van der Waals surface area contributed by atoms with Gasteiger partial charge in [0.1, 0.15) is 10.6 Å². The number of fused-ring (bicyclic) bond motifs is 2. The third-order valence-electron chi connectivity index (χ3n) is 5.68. The third-order valence-corrected chi connectivity index (χ3v) is 7.66. The number of carbonyl (C=O) groups excluding carboxylic acids is 2. The number of hydrogen-bond acceptors (Lipinski definition) is 7. The van der Waals surface area contributed by atoms with Gasteiger partial charge < -0.3 is 9.64 Å². The van der Waals surface area contributed by atoms with Crippen molar-refractivity contribution in [2.75, 3.05) is 18.6 Å². The molecule has 1 amide bonds. The monoisotopic (exact) mass is 465 g/mol. The molecule has 4 heterocycles. The first-order chi connectivity index (χ1) is 15.5. The minimum atomic E-state index is -0.651. The summed E-state index contributed by atoms with van der Waals surface area (Å²) >= 11 is 2.63. The van der Waals surface area contributed by atoms with Crippen LogP contribution in [-0.4, -0.2) is 30.1 Å². The number of methoxy groups -OCH3 is 1. The molecule has 0 saturated heterocycles. The number of nitrogens with zero attached hydrogens (tertiary/aromatic N) is 3. The summed E-state index contributed by atoms with van der Waals surface area (Å²) in [6.07, 6.45) is 0. The number of para-hydroxylation sites is 1. The van der Waals surface area contributed by atoms with E-state index < -0.39 is 12.0 Å². The number of likely N-dealkylation sites (N-methyl/N-ethyl adjacent to an activating group) is 1. The van der Waals surface area contributed by atoms with Crippen molar-refractivity contribution in [3.63, 3.8) is 0 Å². The fourth-order valence-corrected chi connectivity index (χ4v) is 6.23. The van der Waals surface area contributed by atoms with E-state index in [1.807, 2.05) is 48.7 Å². The van der Waals surface area contributed by atoms with Crippen LogP contribution in [-0.2, 0) is 14.3 Å². The molecule has 32 heavy (non-hydrogen) atoms. The van der Waals surface area contributed by atoms with Gasteiger partial charge in [0.2, 0.25) is 0 Å². The lowest BCUT2D eigenvalue weighted by Gasteiger charge is -2.22. The van der Waals surface area contributed by atoms with Gasteiger partial charge in [-0.15, -0.1) is 11.3 Å². The molecular formula is C23H19N3O4S2. The Kier molecular flexibility index (Phi) is 4.94. The Morgan fingerprint density at radius 2 is 1.97 bits per heavy atom. The lowest BCUT2D eigenvalue weighted by Crippen LogP contribution is -2.40. The highest BCUT2D eigenvalue weighted by Gasteiger charge is 2.37. The largest absolute Gasteiger partial charge is 0.466 e. The zero-order chi connectivity index (χ0) is 22.6. The van der Waals surface area contributed by atoms with Gasteiger partial charge in [-0.1, -0.05) is 35.6 Å². The maximum atomic E-state index is 13.8. The minimum absolute atomic E-state index is 0.199. The van der Waals surface area contributed by atoms with Crippen LogP contribution < -0.4 is 19.8 Å². The number of hydrogen-bond donors (Lipinski definition) is 0. The van der Waals surface area contributed by atoms with Gasteiger partial charge in [0.05, 0.1) is 29.6 Å². The predicted molar refractivity (Wildman–Crippen MR) is 124 cm³/mol. The average molecular weight is 466 g/mol. The van der Waals surface area contributed by atoms with Crippen LogP contribution in [0.3, 0.4) is 0 Å². The number of rotatable bonds is 3. The molecule has 0 radical (unpaired) electrons. The molecule has 1 aromatic carbocycles. The van der Waals surface area contributed by atoms with Crippen molar-refractivity contribution in [1.82, 2.24) is 4.57 Å². The molecule has 0 fully saturated rings. The summed E-state index contributed by atoms with van der Waals surface area (Å²) in [5, 5.41) is 1.90. The molecule has 0 saturated carbocycles. The Morgan fingerprint density at radius 3 is 2.66 bits per heavy atom. The second kappa shape index (κ2) is 7.68. The number of benzene rings is 1. The van der Waals surface area contributed by atoms with Gasteiger partial charge in [-0.3, -0.25) is 14.2 Å². The van der Waals surface area contributed by atoms with Crippen LogP contribution >= 0.6 is 22.7 Å². The molecule has 9 heteroatoms. The van der Waals surface area contributed by atoms with Gasteiger partial charge in [-0.05, 0) is 31.4 Å². The van der Waals surface area contributed by atoms with Crippen LogP contribution in [0.2, 0.25) is 0 Å². The Bertz CT molecular complexity index is 1480. The summed E-state index contributed by atoms with van der Waals surface area (Å²) in [6.45, 7) is 4.14. The van der Waals surface area contributed by atoms with Gasteiger partial charge in [0, 0.05) is 17.0 Å². The van der Waals surface area contributed by atoms with Gasteiger partial charge in [-0.25, -0.2) is 9.79 Å². The van der Waals surface area contributed by atoms with Crippen LogP contribution in [0.1, 0.15) is 30.3 Å². The summed E-state index contributed by atoms with van der Waals surface area (Å²) in [5.74, 6) is -0.724. The second-order valence-electron chi connectivity index (χ2n) is 7.35. The van der Waals surface area contributed by atoms with Crippen LogP contribution in [0.4, 0.5) is 5.69 Å². The van der Waals surface area contributed by atoms with Gasteiger partial charge in [0.15, 0.2) is 4.80 Å². The summed E-state index contributed by atoms with van der Waals surface area (Å²) in [4.78, 5) is 47.2. The Labute approximate surface area is 191 Å². The Morgan fingerprint density at radius 1 is 1.19 bits per heavy atom. The van der Waals surface area contributed by atoms with Crippen molar-refractivity contribution in [1.29, 1.82) is 0 Å². The topological polar surface area (TPSA) is 81.0 Å². The molecule has 0 unspecified atom stereocenters. The number of esters is 1. The van der Waals surface area contributed by atoms with Gasteiger partial charge in [0.25, 0.3) is 11.5 Å². The fraction of sp³-hybridized carbons (Fsp3) is 0.217. The van der Waals surface area contributed by atoms with Crippen LogP contribution in [0.15, 0.2) is 62.8 Å². The van der Waals surface area contributed by atoms with Crippen LogP contribution in [0.5, 0.6) is 0 Å². The smallest absolute Gasteiger partial charge is 0.338 e. The van der Waals surface area contributed by atoms with Gasteiger partial charge in [-0.2, -0.15) is 0 Å². The highest BCUT2D eigenvalue weighted by Crippen LogP contribution is 2.36. The third kappa shape index (κ3) is 2.85. The van der Waals surface area contributed by atoms with Gasteiger partial charge >= 0.3 is 5.97 Å². The molecule has 2 aromatic heterocycles. The molecule has 0 aliphatic carbocycles. The molecular weight excluding hydrogens is 446 g/mol. The van der Waals surface area contributed by atoms with Crippen molar-refractivity contribution in [2.45, 2.75) is 19.9 Å². The standard InChI is InChI=1S/C23H19N3O4S2/c1-4-25-14-9-6-5-8-13(14)17(20(25)27)19-21(28)26-18(15-10-7-11-31-15)16(22(29)30-3)12(2)24-23(26)32-19/h5-11,18H,4H2,1-3H3/t18-/m1/s1. The second-order valence-corrected chi connectivity index (χ2v) is 9.31. The van der Waals surface area contributed by atoms with E-state index in [1.54, 1.807) is 11.8 Å². The maximum Gasteiger partial charge on any atom is 0.338 e. The van der Waals surface area contributed by atoms with E-state index in [2.05, 4.69) is 4.99 Å². The number of allylic oxidation sites excluding steroid dienone is 1. The molecule has 0 N–H and O–H groups in total. The van der Waals surface area contributed by atoms with Crippen LogP contribution in [0.25, 0.3) is 5.57 Å².